The Morgan fingerprint density at radius 2 is 2.12 bits per heavy atom. The van der Waals surface area contributed by atoms with E-state index in [9.17, 15) is 9.18 Å². The van der Waals surface area contributed by atoms with Crippen molar-refractivity contribution in [2.75, 3.05) is 26.3 Å². The lowest BCUT2D eigenvalue weighted by Gasteiger charge is -2.26. The maximum absolute atomic E-state index is 13.4. The van der Waals surface area contributed by atoms with Gasteiger partial charge in [-0.15, -0.1) is 0 Å². The van der Waals surface area contributed by atoms with E-state index in [1.807, 2.05) is 0 Å². The molecule has 0 N–H and O–H groups in total. The Morgan fingerprint density at radius 3 is 2.81 bits per heavy atom. The first-order valence-electron chi connectivity index (χ1n) is 4.87. The number of hydrogen-bond acceptors (Lipinski definition) is 3. The largest absolute Gasteiger partial charge is 0.378 e. The number of nitrogens with zero attached hydrogens (tertiary/aromatic N) is 2. The van der Waals surface area contributed by atoms with E-state index in [-0.39, 0.29) is 10.8 Å². The minimum atomic E-state index is -0.652. The molecule has 2 heterocycles. The molecule has 1 aliphatic rings. The van der Waals surface area contributed by atoms with Gasteiger partial charge in [0.25, 0.3) is 5.91 Å². The molecule has 0 bridgehead atoms. The van der Waals surface area contributed by atoms with Crippen LogP contribution < -0.4 is 0 Å². The quantitative estimate of drug-likeness (QED) is 0.701. The van der Waals surface area contributed by atoms with Crippen LogP contribution in [0.2, 0.25) is 5.15 Å². The Balaban J connectivity index is 2.22. The van der Waals surface area contributed by atoms with Crippen LogP contribution in [-0.4, -0.2) is 42.1 Å². The lowest BCUT2D eigenvalue weighted by molar-refractivity contribution is 0.0295. The molecule has 0 aliphatic carbocycles. The van der Waals surface area contributed by atoms with Gasteiger partial charge in [0, 0.05) is 13.1 Å². The van der Waals surface area contributed by atoms with Gasteiger partial charge in [-0.25, -0.2) is 9.37 Å². The van der Waals surface area contributed by atoms with Crippen LogP contribution in [0, 0.1) is 5.82 Å². The van der Waals surface area contributed by atoms with Gasteiger partial charge < -0.3 is 9.64 Å². The zero-order valence-electron chi connectivity index (χ0n) is 8.45. The first kappa shape index (κ1) is 11.3. The van der Waals surface area contributed by atoms with Crippen molar-refractivity contribution < 1.29 is 13.9 Å². The van der Waals surface area contributed by atoms with E-state index in [0.29, 0.717) is 26.3 Å². The van der Waals surface area contributed by atoms with Gasteiger partial charge in [-0.05, 0) is 12.1 Å². The zero-order chi connectivity index (χ0) is 11.5. The summed E-state index contributed by atoms with van der Waals surface area (Å²) in [6.45, 7) is 1.83. The summed E-state index contributed by atoms with van der Waals surface area (Å²) in [7, 11) is 0. The molecule has 0 atom stereocenters. The second-order valence-corrected chi connectivity index (χ2v) is 3.76. The van der Waals surface area contributed by atoms with E-state index in [2.05, 4.69) is 4.98 Å². The smallest absolute Gasteiger partial charge is 0.275 e. The molecule has 1 aromatic heterocycles. The molecule has 1 aromatic rings. The Bertz CT molecular complexity index is 408. The zero-order valence-corrected chi connectivity index (χ0v) is 9.21. The summed E-state index contributed by atoms with van der Waals surface area (Å²) < 4.78 is 18.5. The fraction of sp³-hybridized carbons (Fsp3) is 0.400. The van der Waals surface area contributed by atoms with Crippen molar-refractivity contribution in [1.29, 1.82) is 0 Å². The average Bonchev–Trinajstić information content (AvgIpc) is 2.32. The predicted molar refractivity (Wildman–Crippen MR) is 55.9 cm³/mol. The highest BCUT2D eigenvalue weighted by molar-refractivity contribution is 6.29. The minimum absolute atomic E-state index is 0.109. The maximum atomic E-state index is 13.4. The molecule has 6 heteroatoms. The van der Waals surface area contributed by atoms with Crippen molar-refractivity contribution in [2.24, 2.45) is 0 Å². The molecular formula is C10H10ClFN2O2. The summed E-state index contributed by atoms with van der Waals surface area (Å²) in [4.78, 5) is 17.1. The normalized spacial score (nSPS) is 16.2. The molecule has 16 heavy (non-hydrogen) atoms. The molecule has 1 aliphatic heterocycles. The molecule has 0 aromatic carbocycles. The van der Waals surface area contributed by atoms with Gasteiger partial charge >= 0.3 is 0 Å². The molecule has 0 saturated carbocycles. The first-order chi connectivity index (χ1) is 7.68. The number of aromatic nitrogens is 1. The van der Waals surface area contributed by atoms with E-state index in [4.69, 9.17) is 16.3 Å². The maximum Gasteiger partial charge on any atom is 0.275 e. The van der Waals surface area contributed by atoms with Gasteiger partial charge in [-0.3, -0.25) is 4.79 Å². The highest BCUT2D eigenvalue weighted by atomic mass is 35.5. The standard InChI is InChI=1S/C10H10ClFN2O2/c11-8-2-1-7(12)9(13-8)10(15)14-3-5-16-6-4-14/h1-2H,3-6H2. The van der Waals surface area contributed by atoms with E-state index in [1.165, 1.54) is 11.0 Å². The molecule has 2 rings (SSSR count). The molecule has 4 nitrogen and oxygen atoms in total. The number of hydrogen-bond donors (Lipinski definition) is 0. The van der Waals surface area contributed by atoms with E-state index < -0.39 is 11.7 Å². The van der Waals surface area contributed by atoms with Gasteiger partial charge in [0.15, 0.2) is 11.5 Å². The lowest BCUT2D eigenvalue weighted by atomic mass is 10.3. The van der Waals surface area contributed by atoms with Crippen LogP contribution in [0.15, 0.2) is 12.1 Å². The fourth-order valence-corrected chi connectivity index (χ4v) is 1.63. The minimum Gasteiger partial charge on any atom is -0.378 e. The van der Waals surface area contributed by atoms with E-state index in [0.717, 1.165) is 6.07 Å². The van der Waals surface area contributed by atoms with Crippen molar-refractivity contribution >= 4 is 17.5 Å². The summed E-state index contributed by atoms with van der Waals surface area (Å²) in [6.07, 6.45) is 0. The van der Waals surface area contributed by atoms with Gasteiger partial charge in [0.1, 0.15) is 5.15 Å². The highest BCUT2D eigenvalue weighted by Crippen LogP contribution is 2.13. The van der Waals surface area contributed by atoms with Crippen molar-refractivity contribution in [3.8, 4) is 0 Å². The topological polar surface area (TPSA) is 42.4 Å². The number of halogens is 2. The van der Waals surface area contributed by atoms with Crippen LogP contribution in [0.4, 0.5) is 4.39 Å². The number of morpholine rings is 1. The number of rotatable bonds is 1. The van der Waals surface area contributed by atoms with E-state index in [1.54, 1.807) is 0 Å². The van der Waals surface area contributed by atoms with Gasteiger partial charge in [-0.1, -0.05) is 11.6 Å². The van der Waals surface area contributed by atoms with Crippen LogP contribution in [-0.2, 0) is 4.74 Å². The van der Waals surface area contributed by atoms with Crippen LogP contribution >= 0.6 is 11.6 Å². The summed E-state index contributed by atoms with van der Waals surface area (Å²) in [5, 5.41) is 0.109. The Morgan fingerprint density at radius 1 is 1.44 bits per heavy atom. The molecular weight excluding hydrogens is 235 g/mol. The summed E-state index contributed by atoms with van der Waals surface area (Å²) in [6, 6.07) is 2.45. The van der Waals surface area contributed by atoms with E-state index >= 15 is 0 Å². The fourth-order valence-electron chi connectivity index (χ4n) is 1.48. The highest BCUT2D eigenvalue weighted by Gasteiger charge is 2.22. The van der Waals surface area contributed by atoms with Crippen molar-refractivity contribution in [1.82, 2.24) is 9.88 Å². The number of pyridine rings is 1. The third kappa shape index (κ3) is 2.31. The van der Waals surface area contributed by atoms with Gasteiger partial charge in [-0.2, -0.15) is 0 Å². The lowest BCUT2D eigenvalue weighted by Crippen LogP contribution is -2.41. The predicted octanol–water partition coefficient (Wildman–Crippen LogP) is 1.35. The average molecular weight is 245 g/mol. The van der Waals surface area contributed by atoms with Crippen molar-refractivity contribution in [3.63, 3.8) is 0 Å². The second kappa shape index (κ2) is 4.76. The molecule has 0 radical (unpaired) electrons. The first-order valence-corrected chi connectivity index (χ1v) is 5.25. The van der Waals surface area contributed by atoms with Crippen LogP contribution in [0.1, 0.15) is 10.5 Å². The number of amides is 1. The van der Waals surface area contributed by atoms with Crippen LogP contribution in [0.3, 0.4) is 0 Å². The molecule has 0 unspecified atom stereocenters. The Labute approximate surface area is 97.0 Å². The van der Waals surface area contributed by atoms with Crippen molar-refractivity contribution in [3.05, 3.63) is 28.8 Å². The molecule has 1 saturated heterocycles. The van der Waals surface area contributed by atoms with Crippen molar-refractivity contribution in [2.45, 2.75) is 0 Å². The van der Waals surface area contributed by atoms with Crippen LogP contribution in [0.5, 0.6) is 0 Å². The SMILES string of the molecule is O=C(c1nc(Cl)ccc1F)N1CCOCC1. The molecule has 86 valence electrons. The number of carbonyl (C=O) groups is 1. The summed E-state index contributed by atoms with van der Waals surface area (Å²) in [5.74, 6) is -1.09. The molecule has 1 fully saturated rings. The third-order valence-electron chi connectivity index (χ3n) is 2.31. The number of carbonyl (C=O) groups excluding carboxylic acids is 1. The summed E-state index contributed by atoms with van der Waals surface area (Å²) in [5.41, 5.74) is -0.227. The third-order valence-corrected chi connectivity index (χ3v) is 2.52. The Hall–Kier alpha value is -1.20. The van der Waals surface area contributed by atoms with Gasteiger partial charge in [0.05, 0.1) is 13.2 Å². The summed E-state index contributed by atoms with van der Waals surface area (Å²) >= 11 is 5.63. The number of ether oxygens (including phenoxy) is 1. The van der Waals surface area contributed by atoms with Gasteiger partial charge in [0.2, 0.25) is 0 Å². The molecule has 1 amide bonds. The second-order valence-electron chi connectivity index (χ2n) is 3.37. The monoisotopic (exact) mass is 244 g/mol. The Kier molecular flexibility index (Phi) is 3.36. The molecule has 0 spiro atoms. The van der Waals surface area contributed by atoms with Crippen LogP contribution in [0.25, 0.3) is 0 Å².